The quantitative estimate of drug-likeness (QED) is 0.246. The first-order valence-electron chi connectivity index (χ1n) is 15.6. The van der Waals surface area contributed by atoms with Gasteiger partial charge in [0.1, 0.15) is 11.3 Å². The van der Waals surface area contributed by atoms with Crippen molar-refractivity contribution in [1.82, 2.24) is 25.0 Å². The molecule has 1 aromatic carbocycles. The van der Waals surface area contributed by atoms with Gasteiger partial charge in [-0.15, -0.1) is 11.3 Å². The molecule has 1 saturated heterocycles. The number of carbonyl (C=O) groups excluding carboxylic acids is 3. The number of carbonyl (C=O) groups is 3. The summed E-state index contributed by atoms with van der Waals surface area (Å²) in [6.07, 6.45) is 2.85. The van der Waals surface area contributed by atoms with Crippen molar-refractivity contribution in [3.05, 3.63) is 81.8 Å². The number of nitrogens with zero attached hydrogens (tertiary/aromatic N) is 4. The molecule has 3 amide bonds. The molecule has 0 atom stereocenters. The van der Waals surface area contributed by atoms with Gasteiger partial charge in [-0.1, -0.05) is 36.4 Å². The molecule has 0 saturated carbocycles. The standard InChI is InChI=1S/C34H46N6O4S/c1-34(2,3)44-33(43)37-30-25-45-24-28(30)21-31(41)29-12-11-27(22-36-29)23-40(16-8-15-39-19-17-38(4)18-20-39)32(42)35-14-13-26-9-6-5-7-10-26/h5-7,9-12,22,24-25H,8,13-21,23H2,1-4H3,(H,35,42)(H,37,43). The predicted molar refractivity (Wildman–Crippen MR) is 179 cm³/mol. The average Bonchev–Trinajstić information content (AvgIpc) is 3.43. The summed E-state index contributed by atoms with van der Waals surface area (Å²) in [5.41, 5.74) is 3.02. The van der Waals surface area contributed by atoms with E-state index in [2.05, 4.69) is 44.6 Å². The molecule has 45 heavy (non-hydrogen) atoms. The summed E-state index contributed by atoms with van der Waals surface area (Å²) in [4.78, 5) is 49.7. The number of ether oxygens (including phenoxy) is 1. The number of rotatable bonds is 13. The molecule has 3 aromatic rings. The Bertz CT molecular complexity index is 1380. The molecule has 4 rings (SSSR count). The molecule has 2 aromatic heterocycles. The molecule has 0 aliphatic carbocycles. The summed E-state index contributed by atoms with van der Waals surface area (Å²) in [7, 11) is 2.15. The summed E-state index contributed by atoms with van der Waals surface area (Å²) in [5.74, 6) is -0.158. The number of nitrogens with one attached hydrogen (secondary N) is 2. The Kier molecular flexibility index (Phi) is 12.5. The maximum absolute atomic E-state index is 13.3. The first-order valence-corrected chi connectivity index (χ1v) is 16.5. The zero-order chi connectivity index (χ0) is 32.2. The van der Waals surface area contributed by atoms with Crippen LogP contribution in [0.4, 0.5) is 15.3 Å². The van der Waals surface area contributed by atoms with Crippen LogP contribution in [0.15, 0.2) is 59.4 Å². The lowest BCUT2D eigenvalue weighted by molar-refractivity contribution is 0.0635. The molecule has 1 fully saturated rings. The van der Waals surface area contributed by atoms with E-state index in [9.17, 15) is 14.4 Å². The molecule has 0 bridgehead atoms. The van der Waals surface area contributed by atoms with E-state index < -0.39 is 11.7 Å². The first kappa shape index (κ1) is 34.1. The molecule has 2 N–H and O–H groups in total. The lowest BCUT2D eigenvalue weighted by Gasteiger charge is -2.33. The third-order valence-corrected chi connectivity index (χ3v) is 8.32. The Balaban J connectivity index is 1.34. The van der Waals surface area contributed by atoms with Crippen LogP contribution in [0.5, 0.6) is 0 Å². The monoisotopic (exact) mass is 634 g/mol. The Hall–Kier alpha value is -3.80. The molecule has 10 nitrogen and oxygen atoms in total. The third kappa shape index (κ3) is 11.6. The van der Waals surface area contributed by atoms with Gasteiger partial charge in [0, 0.05) is 63.8 Å². The van der Waals surface area contributed by atoms with E-state index in [0.29, 0.717) is 36.6 Å². The van der Waals surface area contributed by atoms with E-state index >= 15 is 0 Å². The topological polar surface area (TPSA) is 107 Å². The van der Waals surface area contributed by atoms with Gasteiger partial charge >= 0.3 is 12.1 Å². The van der Waals surface area contributed by atoms with Crippen molar-refractivity contribution in [3.8, 4) is 0 Å². The van der Waals surface area contributed by atoms with E-state index in [4.69, 9.17) is 4.74 Å². The molecule has 0 spiro atoms. The van der Waals surface area contributed by atoms with E-state index in [0.717, 1.165) is 51.1 Å². The van der Waals surface area contributed by atoms with Gasteiger partial charge in [-0.05, 0) is 75.3 Å². The van der Waals surface area contributed by atoms with Crippen LogP contribution in [0.2, 0.25) is 0 Å². The van der Waals surface area contributed by atoms with Crippen molar-refractivity contribution in [2.45, 2.75) is 52.2 Å². The zero-order valence-corrected chi connectivity index (χ0v) is 27.7. The molecule has 11 heteroatoms. The summed E-state index contributed by atoms with van der Waals surface area (Å²) < 4.78 is 5.34. The van der Waals surface area contributed by atoms with Gasteiger partial charge in [0.15, 0.2) is 5.78 Å². The second-order valence-electron chi connectivity index (χ2n) is 12.5. The molecular formula is C34H46N6O4S. The fraction of sp³-hybridized carbons (Fsp3) is 0.471. The van der Waals surface area contributed by atoms with Crippen molar-refractivity contribution in [3.63, 3.8) is 0 Å². The largest absolute Gasteiger partial charge is 0.444 e. The number of anilines is 1. The summed E-state index contributed by atoms with van der Waals surface area (Å²) in [6.45, 7) is 12.1. The van der Waals surface area contributed by atoms with Crippen LogP contribution >= 0.6 is 11.3 Å². The number of Topliss-reactive ketones (excluding diaryl/α,β-unsaturated/α-hetero) is 1. The van der Waals surface area contributed by atoms with Crippen LogP contribution in [0, 0.1) is 0 Å². The highest BCUT2D eigenvalue weighted by molar-refractivity contribution is 7.08. The van der Waals surface area contributed by atoms with Gasteiger partial charge in [0.2, 0.25) is 0 Å². The van der Waals surface area contributed by atoms with Crippen molar-refractivity contribution < 1.29 is 19.1 Å². The summed E-state index contributed by atoms with van der Waals surface area (Å²) in [5, 5.41) is 9.45. The molecule has 1 aliphatic rings. The first-order chi connectivity index (χ1) is 21.6. The van der Waals surface area contributed by atoms with Crippen LogP contribution in [-0.4, -0.2) is 96.1 Å². The third-order valence-electron chi connectivity index (χ3n) is 7.53. The SMILES string of the molecule is CN1CCN(CCCN(Cc2ccc(C(=O)Cc3cscc3NC(=O)OC(C)(C)C)nc2)C(=O)NCCc2ccccc2)CC1. The highest BCUT2D eigenvalue weighted by Gasteiger charge is 2.20. The minimum atomic E-state index is -0.620. The van der Waals surface area contributed by atoms with E-state index in [1.807, 2.05) is 34.5 Å². The second-order valence-corrected chi connectivity index (χ2v) is 13.2. The van der Waals surface area contributed by atoms with Gasteiger partial charge in [0.25, 0.3) is 0 Å². The van der Waals surface area contributed by atoms with Crippen LogP contribution < -0.4 is 10.6 Å². The number of piperazine rings is 1. The van der Waals surface area contributed by atoms with Crippen LogP contribution in [0.3, 0.4) is 0 Å². The number of hydrogen-bond donors (Lipinski definition) is 2. The molecule has 242 valence electrons. The fourth-order valence-electron chi connectivity index (χ4n) is 5.03. The minimum Gasteiger partial charge on any atom is -0.444 e. The smallest absolute Gasteiger partial charge is 0.412 e. The van der Waals surface area contributed by atoms with Crippen LogP contribution in [0.1, 0.15) is 54.4 Å². The maximum Gasteiger partial charge on any atom is 0.412 e. The Morgan fingerprint density at radius 2 is 1.76 bits per heavy atom. The highest BCUT2D eigenvalue weighted by Crippen LogP contribution is 2.23. The van der Waals surface area contributed by atoms with Gasteiger partial charge in [-0.3, -0.25) is 15.1 Å². The van der Waals surface area contributed by atoms with E-state index in [1.165, 1.54) is 16.9 Å². The van der Waals surface area contributed by atoms with Gasteiger partial charge in [0.05, 0.1) is 5.69 Å². The molecule has 0 unspecified atom stereocenters. The Morgan fingerprint density at radius 1 is 1.00 bits per heavy atom. The number of aromatic nitrogens is 1. The zero-order valence-electron chi connectivity index (χ0n) is 26.9. The second kappa shape index (κ2) is 16.5. The highest BCUT2D eigenvalue weighted by atomic mass is 32.1. The Morgan fingerprint density at radius 3 is 2.44 bits per heavy atom. The van der Waals surface area contributed by atoms with E-state index in [-0.39, 0.29) is 18.2 Å². The van der Waals surface area contributed by atoms with Crippen molar-refractivity contribution >= 4 is 34.9 Å². The van der Waals surface area contributed by atoms with Gasteiger partial charge in [-0.25, -0.2) is 9.59 Å². The Labute approximate surface area is 270 Å². The number of amides is 3. The molecule has 0 radical (unpaired) electrons. The number of benzene rings is 1. The number of likely N-dealkylation sites (N-methyl/N-ethyl adjacent to an activating group) is 1. The average molecular weight is 635 g/mol. The molecule has 3 heterocycles. The van der Waals surface area contributed by atoms with E-state index in [1.54, 1.807) is 38.4 Å². The normalized spacial score (nSPS) is 14.1. The fourth-order valence-corrected chi connectivity index (χ4v) is 5.82. The maximum atomic E-state index is 13.3. The minimum absolute atomic E-state index is 0.100. The predicted octanol–water partition coefficient (Wildman–Crippen LogP) is 5.31. The number of pyridine rings is 1. The molecular weight excluding hydrogens is 588 g/mol. The summed E-state index contributed by atoms with van der Waals surface area (Å²) in [6, 6.07) is 13.6. The van der Waals surface area contributed by atoms with Crippen molar-refractivity contribution in [2.75, 3.05) is 58.2 Å². The summed E-state index contributed by atoms with van der Waals surface area (Å²) >= 11 is 1.40. The van der Waals surface area contributed by atoms with Gasteiger partial charge < -0.3 is 24.8 Å². The lowest BCUT2D eigenvalue weighted by Crippen LogP contribution is -2.46. The van der Waals surface area contributed by atoms with Crippen molar-refractivity contribution in [2.24, 2.45) is 0 Å². The number of ketones is 1. The lowest BCUT2D eigenvalue weighted by atomic mass is 10.1. The number of hydrogen-bond acceptors (Lipinski definition) is 8. The number of thiophene rings is 1. The van der Waals surface area contributed by atoms with Gasteiger partial charge in [-0.2, -0.15) is 0 Å². The van der Waals surface area contributed by atoms with Crippen molar-refractivity contribution in [1.29, 1.82) is 0 Å². The van der Waals surface area contributed by atoms with Crippen LogP contribution in [-0.2, 0) is 24.1 Å². The number of urea groups is 1. The van der Waals surface area contributed by atoms with Crippen LogP contribution in [0.25, 0.3) is 0 Å². The molecule has 1 aliphatic heterocycles.